The molecule has 2 nitrogen and oxygen atoms in total. The number of rotatable bonds is 2. The van der Waals surface area contributed by atoms with Crippen molar-refractivity contribution in [1.29, 1.82) is 0 Å². The first-order valence-corrected chi connectivity index (χ1v) is 3.03. The fraction of sp³-hybridized carbons (Fsp3) is 0.250. The van der Waals surface area contributed by atoms with Crippen LogP contribution in [0.15, 0.2) is 24.2 Å². The SMILES string of the molecule is [2H]c1ccc(OC)c([2H])c1CN. The first-order chi connectivity index (χ1) is 5.70. The van der Waals surface area contributed by atoms with E-state index >= 15 is 0 Å². The summed E-state index contributed by atoms with van der Waals surface area (Å²) < 4.78 is 19.9. The largest absolute Gasteiger partial charge is 0.497 e. The standard InChI is InChI=1S/C8H11NO/c1-10-8-4-2-3-7(5-8)6-9/h2-5H,6,9H2,1H3/i3D,5D. The van der Waals surface area contributed by atoms with Gasteiger partial charge in [-0.15, -0.1) is 0 Å². The van der Waals surface area contributed by atoms with Crippen molar-refractivity contribution in [3.05, 3.63) is 29.8 Å². The summed E-state index contributed by atoms with van der Waals surface area (Å²) in [6.45, 7) is 0.203. The minimum Gasteiger partial charge on any atom is -0.497 e. The second-order valence-electron chi connectivity index (χ2n) is 1.85. The van der Waals surface area contributed by atoms with Gasteiger partial charge < -0.3 is 10.5 Å². The van der Waals surface area contributed by atoms with Crippen molar-refractivity contribution >= 4 is 0 Å². The Labute approximate surface area is 63.4 Å². The maximum Gasteiger partial charge on any atom is 0.119 e. The van der Waals surface area contributed by atoms with Crippen LogP contribution >= 0.6 is 0 Å². The first kappa shape index (κ1) is 4.74. The van der Waals surface area contributed by atoms with Crippen molar-refractivity contribution in [3.8, 4) is 5.75 Å². The van der Waals surface area contributed by atoms with Crippen LogP contribution in [0.4, 0.5) is 0 Å². The lowest BCUT2D eigenvalue weighted by molar-refractivity contribution is 0.414. The van der Waals surface area contributed by atoms with Gasteiger partial charge in [0.15, 0.2) is 0 Å². The van der Waals surface area contributed by atoms with Crippen molar-refractivity contribution in [2.75, 3.05) is 7.11 Å². The second-order valence-corrected chi connectivity index (χ2v) is 1.85. The van der Waals surface area contributed by atoms with Crippen molar-refractivity contribution in [2.45, 2.75) is 6.54 Å². The third-order valence-electron chi connectivity index (χ3n) is 1.19. The molecule has 0 aliphatic heterocycles. The molecular weight excluding hydrogens is 126 g/mol. The Balaban J connectivity index is 3.24. The molecule has 0 amide bonds. The van der Waals surface area contributed by atoms with Gasteiger partial charge in [0.25, 0.3) is 0 Å². The predicted octanol–water partition coefficient (Wildman–Crippen LogP) is 1.15. The van der Waals surface area contributed by atoms with E-state index in [-0.39, 0.29) is 12.6 Å². The number of nitrogens with two attached hydrogens (primary N) is 1. The van der Waals surface area contributed by atoms with E-state index in [4.69, 9.17) is 13.2 Å². The molecule has 0 saturated carbocycles. The minimum absolute atomic E-state index is 0.203. The highest BCUT2D eigenvalue weighted by atomic mass is 16.5. The normalized spacial score (nSPS) is 12.2. The van der Waals surface area contributed by atoms with Crippen LogP contribution in [0.25, 0.3) is 0 Å². The van der Waals surface area contributed by atoms with Gasteiger partial charge in [0.1, 0.15) is 5.75 Å². The van der Waals surface area contributed by atoms with Gasteiger partial charge in [-0.3, -0.25) is 0 Å². The van der Waals surface area contributed by atoms with Crippen molar-refractivity contribution in [1.82, 2.24) is 0 Å². The topological polar surface area (TPSA) is 35.2 Å². The number of hydrogen-bond acceptors (Lipinski definition) is 2. The maximum absolute atomic E-state index is 7.56. The van der Waals surface area contributed by atoms with Gasteiger partial charge in [-0.25, -0.2) is 0 Å². The molecule has 0 aliphatic rings. The highest BCUT2D eigenvalue weighted by Gasteiger charge is 1.90. The van der Waals surface area contributed by atoms with Gasteiger partial charge >= 0.3 is 0 Å². The lowest BCUT2D eigenvalue weighted by Crippen LogP contribution is -1.95. The third kappa shape index (κ3) is 1.48. The van der Waals surface area contributed by atoms with Crippen molar-refractivity contribution in [3.63, 3.8) is 0 Å². The van der Waals surface area contributed by atoms with Gasteiger partial charge in [0, 0.05) is 6.54 Å². The van der Waals surface area contributed by atoms with E-state index in [9.17, 15) is 0 Å². The molecule has 0 atom stereocenters. The van der Waals surface area contributed by atoms with Gasteiger partial charge in [0.05, 0.1) is 9.85 Å². The molecule has 0 saturated heterocycles. The van der Waals surface area contributed by atoms with Crippen molar-refractivity contribution in [2.24, 2.45) is 5.73 Å². The molecule has 0 unspecified atom stereocenters. The average molecular weight is 139 g/mol. The maximum atomic E-state index is 7.56. The molecule has 0 fully saturated rings. The zero-order valence-corrected chi connectivity index (χ0v) is 5.85. The van der Waals surface area contributed by atoms with Gasteiger partial charge in [0.2, 0.25) is 0 Å². The Morgan fingerprint density at radius 1 is 1.80 bits per heavy atom. The molecule has 0 bridgehead atoms. The fourth-order valence-corrected chi connectivity index (χ4v) is 0.673. The lowest BCUT2D eigenvalue weighted by atomic mass is 10.2. The van der Waals surface area contributed by atoms with Crippen LogP contribution in [0.2, 0.25) is 0 Å². The summed E-state index contributed by atoms with van der Waals surface area (Å²) in [5.41, 5.74) is 5.90. The number of benzene rings is 1. The van der Waals surface area contributed by atoms with Crippen LogP contribution in [-0.4, -0.2) is 7.11 Å². The Morgan fingerprint density at radius 3 is 3.20 bits per heavy atom. The highest BCUT2D eigenvalue weighted by molar-refractivity contribution is 5.27. The monoisotopic (exact) mass is 139 g/mol. The summed E-state index contributed by atoms with van der Waals surface area (Å²) in [5.74, 6) is 0.464. The first-order valence-electron chi connectivity index (χ1n) is 4.03. The molecule has 0 spiro atoms. The summed E-state index contributed by atoms with van der Waals surface area (Å²) in [7, 11) is 1.50. The van der Waals surface area contributed by atoms with E-state index in [0.29, 0.717) is 17.4 Å². The number of hydrogen-bond donors (Lipinski definition) is 1. The van der Waals surface area contributed by atoms with Crippen LogP contribution in [0.3, 0.4) is 0 Å². The summed E-state index contributed by atoms with van der Waals surface area (Å²) in [5, 5.41) is 0. The van der Waals surface area contributed by atoms with Crippen LogP contribution in [0.5, 0.6) is 5.75 Å². The van der Waals surface area contributed by atoms with Crippen molar-refractivity contribution < 1.29 is 7.48 Å². The molecule has 0 heterocycles. The van der Waals surface area contributed by atoms with Crippen LogP contribution in [0.1, 0.15) is 8.30 Å². The summed E-state index contributed by atoms with van der Waals surface area (Å²) in [4.78, 5) is 0. The molecule has 1 aromatic carbocycles. The molecule has 1 aromatic rings. The van der Waals surface area contributed by atoms with Gasteiger partial charge in [-0.1, -0.05) is 12.1 Å². The van der Waals surface area contributed by atoms with Gasteiger partial charge in [-0.05, 0) is 17.7 Å². The fourth-order valence-electron chi connectivity index (χ4n) is 0.673. The van der Waals surface area contributed by atoms with E-state index in [1.165, 1.54) is 7.11 Å². The molecule has 2 N–H and O–H groups in total. The minimum atomic E-state index is 0.203. The van der Waals surface area contributed by atoms with E-state index < -0.39 is 0 Å². The van der Waals surface area contributed by atoms with E-state index in [1.54, 1.807) is 12.1 Å². The predicted molar refractivity (Wildman–Crippen MR) is 40.9 cm³/mol. The molecule has 1 rings (SSSR count). The quantitative estimate of drug-likeness (QED) is 0.667. The molecule has 0 radical (unpaired) electrons. The Kier molecular flexibility index (Phi) is 1.53. The molecule has 2 heteroatoms. The molecule has 10 heavy (non-hydrogen) atoms. The lowest BCUT2D eigenvalue weighted by Gasteiger charge is -2.00. The molecular formula is C8H11NO. The van der Waals surface area contributed by atoms with E-state index in [1.807, 2.05) is 0 Å². The van der Waals surface area contributed by atoms with Crippen LogP contribution in [-0.2, 0) is 6.54 Å². The van der Waals surface area contributed by atoms with E-state index in [2.05, 4.69) is 0 Å². The smallest absolute Gasteiger partial charge is 0.119 e. The number of ether oxygens (including phenoxy) is 1. The Hall–Kier alpha value is -1.02. The zero-order chi connectivity index (χ0) is 9.14. The van der Waals surface area contributed by atoms with E-state index in [0.717, 1.165) is 0 Å². The van der Waals surface area contributed by atoms with Crippen LogP contribution in [0, 0.1) is 0 Å². The second kappa shape index (κ2) is 3.22. The summed E-state index contributed by atoms with van der Waals surface area (Å²) in [6.07, 6.45) is 0. The van der Waals surface area contributed by atoms with Crippen LogP contribution < -0.4 is 10.5 Å². The molecule has 0 aliphatic carbocycles. The molecule has 0 aromatic heterocycles. The zero-order valence-electron chi connectivity index (χ0n) is 7.85. The Morgan fingerprint density at radius 2 is 2.60 bits per heavy atom. The summed E-state index contributed by atoms with van der Waals surface area (Å²) >= 11 is 0. The highest BCUT2D eigenvalue weighted by Crippen LogP contribution is 2.11. The Bertz CT molecular complexity index is 289. The average Bonchev–Trinajstić information content (AvgIpc) is 2.06. The number of methoxy groups -OCH3 is 1. The van der Waals surface area contributed by atoms with Gasteiger partial charge in [-0.2, -0.15) is 0 Å². The summed E-state index contributed by atoms with van der Waals surface area (Å²) in [6, 6.07) is 3.69. The third-order valence-corrected chi connectivity index (χ3v) is 1.19. The molecule has 54 valence electrons.